The fourth-order valence-corrected chi connectivity index (χ4v) is 4.60. The molecule has 0 aromatic rings. The topological polar surface area (TPSA) is 73.6 Å². The van der Waals surface area contributed by atoms with Crippen LogP contribution < -0.4 is 11.1 Å². The quantitative estimate of drug-likeness (QED) is 0.800. The molecule has 2 unspecified atom stereocenters. The van der Waals surface area contributed by atoms with Gasteiger partial charge in [0.1, 0.15) is 6.10 Å². The molecule has 6 heteroatoms. The number of amides is 1. The lowest BCUT2D eigenvalue weighted by molar-refractivity contribution is -0.161. The Bertz CT molecular complexity index is 401. The third-order valence-electron chi connectivity index (χ3n) is 5.92. The van der Waals surface area contributed by atoms with Crippen LogP contribution in [0.3, 0.4) is 0 Å². The predicted molar refractivity (Wildman–Crippen MR) is 91.7 cm³/mol. The maximum Gasteiger partial charge on any atom is 0.249 e. The fourth-order valence-electron chi connectivity index (χ4n) is 4.60. The normalized spacial score (nSPS) is 35.4. The van der Waals surface area contributed by atoms with E-state index in [9.17, 15) is 4.79 Å². The summed E-state index contributed by atoms with van der Waals surface area (Å²) in [6, 6.07) is 0.261. The summed E-state index contributed by atoms with van der Waals surface area (Å²) < 4.78 is 11.7. The molecule has 4 atom stereocenters. The van der Waals surface area contributed by atoms with Gasteiger partial charge in [0.05, 0.1) is 12.2 Å². The van der Waals surface area contributed by atoms with E-state index in [2.05, 4.69) is 12.2 Å². The second-order valence-corrected chi connectivity index (χ2v) is 7.09. The van der Waals surface area contributed by atoms with Crippen molar-refractivity contribution in [2.24, 2.45) is 11.1 Å². The zero-order chi connectivity index (χ0) is 15.6. The van der Waals surface area contributed by atoms with E-state index >= 15 is 0 Å². The molecule has 134 valence electrons. The Kier molecular flexibility index (Phi) is 6.72. The van der Waals surface area contributed by atoms with Crippen molar-refractivity contribution in [2.45, 2.75) is 82.6 Å². The Morgan fingerprint density at radius 2 is 2.04 bits per heavy atom. The minimum atomic E-state index is -0.305. The summed E-state index contributed by atoms with van der Waals surface area (Å²) >= 11 is 0. The Morgan fingerprint density at radius 1 is 1.30 bits per heavy atom. The molecule has 5 nitrogen and oxygen atoms in total. The van der Waals surface area contributed by atoms with Crippen LogP contribution in [0.2, 0.25) is 0 Å². The summed E-state index contributed by atoms with van der Waals surface area (Å²) in [4.78, 5) is 12.5. The molecule has 3 fully saturated rings. The van der Waals surface area contributed by atoms with Crippen molar-refractivity contribution in [1.29, 1.82) is 0 Å². The first-order valence-electron chi connectivity index (χ1n) is 8.97. The summed E-state index contributed by atoms with van der Waals surface area (Å²) in [5.74, 6) is 0.0563. The molecule has 0 bridgehead atoms. The Balaban J connectivity index is 0.00000192. The van der Waals surface area contributed by atoms with Gasteiger partial charge in [-0.2, -0.15) is 0 Å². The highest BCUT2D eigenvalue weighted by Crippen LogP contribution is 2.53. The van der Waals surface area contributed by atoms with Crippen LogP contribution >= 0.6 is 12.4 Å². The van der Waals surface area contributed by atoms with Crippen LogP contribution in [-0.4, -0.2) is 43.4 Å². The van der Waals surface area contributed by atoms with E-state index in [1.807, 2.05) is 0 Å². The van der Waals surface area contributed by atoms with Gasteiger partial charge in [0, 0.05) is 24.6 Å². The van der Waals surface area contributed by atoms with Gasteiger partial charge in [-0.25, -0.2) is 0 Å². The van der Waals surface area contributed by atoms with Crippen molar-refractivity contribution in [3.8, 4) is 0 Å². The lowest BCUT2D eigenvalue weighted by atomic mass is 9.55. The number of carbonyl (C=O) groups is 1. The molecule has 1 amide bonds. The molecule has 3 N–H and O–H groups in total. The molecule has 3 aliphatic rings. The Labute approximate surface area is 145 Å². The van der Waals surface area contributed by atoms with Crippen molar-refractivity contribution >= 4 is 18.3 Å². The zero-order valence-electron chi connectivity index (χ0n) is 14.1. The second-order valence-electron chi connectivity index (χ2n) is 7.09. The van der Waals surface area contributed by atoms with Gasteiger partial charge < -0.3 is 20.5 Å². The largest absolute Gasteiger partial charge is 0.378 e. The van der Waals surface area contributed by atoms with Gasteiger partial charge >= 0.3 is 0 Å². The first-order valence-corrected chi connectivity index (χ1v) is 8.97. The average Bonchev–Trinajstić information content (AvgIpc) is 3.04. The summed E-state index contributed by atoms with van der Waals surface area (Å²) in [5, 5.41) is 3.27. The van der Waals surface area contributed by atoms with Gasteiger partial charge in [0.15, 0.2) is 0 Å². The number of hydrogen-bond acceptors (Lipinski definition) is 4. The summed E-state index contributed by atoms with van der Waals surface area (Å²) in [7, 11) is 0. The van der Waals surface area contributed by atoms with Crippen LogP contribution in [0.4, 0.5) is 0 Å². The van der Waals surface area contributed by atoms with Gasteiger partial charge in [-0.05, 0) is 39.0 Å². The van der Waals surface area contributed by atoms with Crippen molar-refractivity contribution < 1.29 is 14.3 Å². The van der Waals surface area contributed by atoms with Crippen LogP contribution in [-0.2, 0) is 14.3 Å². The van der Waals surface area contributed by atoms with Crippen LogP contribution in [0.5, 0.6) is 0 Å². The number of rotatable bonds is 5. The highest BCUT2D eigenvalue weighted by atomic mass is 35.5. The zero-order valence-corrected chi connectivity index (χ0v) is 14.9. The van der Waals surface area contributed by atoms with Crippen LogP contribution in [0.15, 0.2) is 0 Å². The number of nitrogens with two attached hydrogens (primary N) is 1. The summed E-state index contributed by atoms with van der Waals surface area (Å²) in [6.07, 6.45) is 8.89. The molecule has 1 aliphatic heterocycles. The monoisotopic (exact) mass is 346 g/mol. The van der Waals surface area contributed by atoms with Crippen molar-refractivity contribution in [3.63, 3.8) is 0 Å². The number of carbonyl (C=O) groups excluding carboxylic acids is 1. The molecule has 1 saturated heterocycles. The van der Waals surface area contributed by atoms with E-state index in [0.29, 0.717) is 12.6 Å². The second kappa shape index (κ2) is 8.15. The molecular weight excluding hydrogens is 316 g/mol. The van der Waals surface area contributed by atoms with Crippen LogP contribution in [0.1, 0.15) is 58.3 Å². The van der Waals surface area contributed by atoms with Crippen LogP contribution in [0.25, 0.3) is 0 Å². The molecule has 2 aliphatic carbocycles. The summed E-state index contributed by atoms with van der Waals surface area (Å²) in [5.41, 5.74) is 5.80. The number of nitrogens with one attached hydrogen (secondary N) is 1. The fraction of sp³-hybridized carbons (Fsp3) is 0.941. The van der Waals surface area contributed by atoms with Crippen molar-refractivity contribution in [3.05, 3.63) is 0 Å². The molecule has 3 rings (SSSR count). The average molecular weight is 347 g/mol. The molecule has 0 aromatic heterocycles. The van der Waals surface area contributed by atoms with E-state index in [1.54, 1.807) is 0 Å². The molecule has 0 radical (unpaired) electrons. The molecule has 0 aromatic carbocycles. The number of halogens is 1. The van der Waals surface area contributed by atoms with Crippen molar-refractivity contribution in [1.82, 2.24) is 5.32 Å². The van der Waals surface area contributed by atoms with Crippen molar-refractivity contribution in [2.75, 3.05) is 13.2 Å². The van der Waals surface area contributed by atoms with E-state index in [0.717, 1.165) is 25.9 Å². The molecule has 1 heterocycles. The first kappa shape index (κ1) is 19.0. The minimum Gasteiger partial charge on any atom is -0.378 e. The van der Waals surface area contributed by atoms with E-state index in [1.165, 1.54) is 32.1 Å². The maximum absolute atomic E-state index is 12.5. The molecule has 2 saturated carbocycles. The van der Waals surface area contributed by atoms with E-state index in [4.69, 9.17) is 15.2 Å². The first-order chi connectivity index (χ1) is 10.7. The SMILES string of the molecule is CCOC1CC(NC(=O)[C@@H]2CC[C@H](CN)O2)C12CCCCC2.Cl. The predicted octanol–water partition coefficient (Wildman–Crippen LogP) is 2.16. The van der Waals surface area contributed by atoms with Crippen LogP contribution in [0, 0.1) is 5.41 Å². The smallest absolute Gasteiger partial charge is 0.249 e. The molecular formula is C17H31ClN2O3. The van der Waals surface area contributed by atoms with Gasteiger partial charge in [0.2, 0.25) is 5.91 Å². The number of hydrogen-bond donors (Lipinski definition) is 2. The highest BCUT2D eigenvalue weighted by molar-refractivity contribution is 5.85. The third-order valence-corrected chi connectivity index (χ3v) is 5.92. The molecule has 1 spiro atoms. The third kappa shape index (κ3) is 3.68. The Morgan fingerprint density at radius 3 is 2.65 bits per heavy atom. The van der Waals surface area contributed by atoms with E-state index in [-0.39, 0.29) is 42.0 Å². The summed E-state index contributed by atoms with van der Waals surface area (Å²) in [6.45, 7) is 3.32. The Hall–Kier alpha value is -0.360. The lowest BCUT2D eigenvalue weighted by Crippen LogP contribution is -2.66. The van der Waals surface area contributed by atoms with E-state index < -0.39 is 0 Å². The van der Waals surface area contributed by atoms with Gasteiger partial charge in [-0.3, -0.25) is 4.79 Å². The lowest BCUT2D eigenvalue weighted by Gasteiger charge is -2.57. The minimum absolute atomic E-state index is 0. The van der Waals surface area contributed by atoms with Gasteiger partial charge in [0.25, 0.3) is 0 Å². The van der Waals surface area contributed by atoms with Gasteiger partial charge in [-0.15, -0.1) is 12.4 Å². The maximum atomic E-state index is 12.5. The molecule has 23 heavy (non-hydrogen) atoms. The highest BCUT2D eigenvalue weighted by Gasteiger charge is 2.56. The number of ether oxygens (including phenoxy) is 2. The van der Waals surface area contributed by atoms with Gasteiger partial charge in [-0.1, -0.05) is 19.3 Å². The standard InChI is InChI=1S/C17H30N2O3.ClH/c1-2-21-15-10-14(17(15)8-4-3-5-9-17)19-16(20)13-7-6-12(11-18)22-13;/h12-15H,2-11,18H2,1H3,(H,19,20);1H/t12-,13+,14?,15?;/m1./s1.